The number of nitrogens with zero attached hydrogens (tertiary/aromatic N) is 2. The number of hydrogen-bond donors (Lipinski definition) is 1. The van der Waals surface area contributed by atoms with Gasteiger partial charge in [0.15, 0.2) is 0 Å². The van der Waals surface area contributed by atoms with Crippen molar-refractivity contribution in [3.8, 4) is 0 Å². The summed E-state index contributed by atoms with van der Waals surface area (Å²) in [6, 6.07) is 5.70. The molecule has 0 aromatic heterocycles. The van der Waals surface area contributed by atoms with E-state index in [0.717, 1.165) is 13.8 Å². The highest BCUT2D eigenvalue weighted by molar-refractivity contribution is 14.1. The minimum atomic E-state index is 0.0366. The summed E-state index contributed by atoms with van der Waals surface area (Å²) in [7, 11) is 0. The van der Waals surface area contributed by atoms with Crippen molar-refractivity contribution in [2.75, 3.05) is 13.1 Å². The van der Waals surface area contributed by atoms with Crippen LogP contribution in [0.3, 0.4) is 0 Å². The van der Waals surface area contributed by atoms with E-state index < -0.39 is 0 Å². The molecular formula is C13H14BrIN2O2. The first-order valence-corrected chi connectivity index (χ1v) is 7.85. The molecule has 1 amide bonds. The molecular weight excluding hydrogens is 423 g/mol. The number of hydrogen-bond acceptors (Lipinski definition) is 3. The van der Waals surface area contributed by atoms with E-state index in [0.29, 0.717) is 25.1 Å². The standard InChI is InChI=1S/C13H14BrIN2O2/c1-8-7-17(5-4-12(8)16-19)13(18)10-6-9(14)2-3-11(10)15/h2-3,6,8,19H,4-5,7H2,1H3/b16-12+. The van der Waals surface area contributed by atoms with Crippen LogP contribution in [0.1, 0.15) is 23.7 Å². The molecule has 1 aromatic rings. The first-order valence-electron chi connectivity index (χ1n) is 5.98. The lowest BCUT2D eigenvalue weighted by Crippen LogP contribution is -2.43. The number of oxime groups is 1. The van der Waals surface area contributed by atoms with Crippen LogP contribution < -0.4 is 0 Å². The van der Waals surface area contributed by atoms with Crippen molar-refractivity contribution in [2.24, 2.45) is 11.1 Å². The smallest absolute Gasteiger partial charge is 0.254 e. The molecule has 6 heteroatoms. The number of likely N-dealkylation sites (tertiary alicyclic amines) is 1. The van der Waals surface area contributed by atoms with Crippen molar-refractivity contribution < 1.29 is 10.0 Å². The number of amides is 1. The third kappa shape index (κ3) is 3.28. The fourth-order valence-corrected chi connectivity index (χ4v) is 3.12. The average molecular weight is 437 g/mol. The molecule has 1 aliphatic rings. The Balaban J connectivity index is 2.19. The topological polar surface area (TPSA) is 52.9 Å². The van der Waals surface area contributed by atoms with Gasteiger partial charge in [0.2, 0.25) is 0 Å². The van der Waals surface area contributed by atoms with Crippen molar-refractivity contribution in [3.05, 3.63) is 31.8 Å². The minimum Gasteiger partial charge on any atom is -0.411 e. The molecule has 1 aliphatic heterocycles. The quantitative estimate of drug-likeness (QED) is 0.417. The number of piperidine rings is 1. The molecule has 0 aliphatic carbocycles. The second kappa shape index (κ2) is 6.21. The fourth-order valence-electron chi connectivity index (χ4n) is 2.19. The largest absolute Gasteiger partial charge is 0.411 e. The molecule has 1 atom stereocenters. The zero-order valence-corrected chi connectivity index (χ0v) is 14.2. The van der Waals surface area contributed by atoms with Crippen molar-refractivity contribution >= 4 is 50.1 Å². The molecule has 1 heterocycles. The monoisotopic (exact) mass is 436 g/mol. The molecule has 0 spiro atoms. The number of benzene rings is 1. The predicted octanol–water partition coefficient (Wildman–Crippen LogP) is 3.37. The minimum absolute atomic E-state index is 0.0366. The van der Waals surface area contributed by atoms with Gasteiger partial charge in [-0.15, -0.1) is 0 Å². The Hall–Kier alpha value is -0.630. The van der Waals surface area contributed by atoms with Crippen LogP contribution in [0.4, 0.5) is 0 Å². The van der Waals surface area contributed by atoms with Crippen LogP contribution in [0.5, 0.6) is 0 Å². The van der Waals surface area contributed by atoms with E-state index in [9.17, 15) is 4.79 Å². The molecule has 1 saturated heterocycles. The Morgan fingerprint density at radius 2 is 2.32 bits per heavy atom. The number of rotatable bonds is 1. The summed E-state index contributed by atoms with van der Waals surface area (Å²) in [6.45, 7) is 3.17. The second-order valence-electron chi connectivity index (χ2n) is 4.62. The van der Waals surface area contributed by atoms with E-state index in [1.165, 1.54) is 0 Å². The van der Waals surface area contributed by atoms with E-state index in [1.54, 1.807) is 0 Å². The molecule has 102 valence electrons. The summed E-state index contributed by atoms with van der Waals surface area (Å²) in [5.74, 6) is 0.141. The van der Waals surface area contributed by atoms with E-state index >= 15 is 0 Å². The van der Waals surface area contributed by atoms with Crippen LogP contribution in [0.25, 0.3) is 0 Å². The van der Waals surface area contributed by atoms with E-state index in [2.05, 4.69) is 43.7 Å². The zero-order valence-electron chi connectivity index (χ0n) is 10.4. The van der Waals surface area contributed by atoms with E-state index in [-0.39, 0.29) is 11.8 Å². The van der Waals surface area contributed by atoms with Crippen LogP contribution in [0.2, 0.25) is 0 Å². The molecule has 0 radical (unpaired) electrons. The Morgan fingerprint density at radius 1 is 1.58 bits per heavy atom. The highest BCUT2D eigenvalue weighted by Crippen LogP contribution is 2.22. The lowest BCUT2D eigenvalue weighted by molar-refractivity contribution is 0.0733. The maximum Gasteiger partial charge on any atom is 0.254 e. The first kappa shape index (κ1) is 14.8. The summed E-state index contributed by atoms with van der Waals surface area (Å²) in [5.41, 5.74) is 1.49. The molecule has 0 bridgehead atoms. The lowest BCUT2D eigenvalue weighted by atomic mass is 9.97. The van der Waals surface area contributed by atoms with Crippen LogP contribution in [-0.2, 0) is 0 Å². The highest BCUT2D eigenvalue weighted by Gasteiger charge is 2.27. The van der Waals surface area contributed by atoms with Crippen molar-refractivity contribution in [1.29, 1.82) is 0 Å². The maximum atomic E-state index is 12.5. The Labute approximate surface area is 134 Å². The highest BCUT2D eigenvalue weighted by atomic mass is 127. The normalized spacial score (nSPS) is 21.7. The molecule has 1 N–H and O–H groups in total. The van der Waals surface area contributed by atoms with E-state index in [4.69, 9.17) is 5.21 Å². The van der Waals surface area contributed by atoms with Gasteiger partial charge in [-0.3, -0.25) is 4.79 Å². The molecule has 4 nitrogen and oxygen atoms in total. The third-order valence-electron chi connectivity index (χ3n) is 3.28. The van der Waals surface area contributed by atoms with Crippen molar-refractivity contribution in [2.45, 2.75) is 13.3 Å². The summed E-state index contributed by atoms with van der Waals surface area (Å²) in [4.78, 5) is 14.3. The van der Waals surface area contributed by atoms with Gasteiger partial charge in [-0.1, -0.05) is 28.0 Å². The zero-order chi connectivity index (χ0) is 14.0. The number of halogens is 2. The SMILES string of the molecule is CC1CN(C(=O)c2cc(Br)ccc2I)CC/C1=N\O. The fraction of sp³-hybridized carbons (Fsp3) is 0.385. The van der Waals surface area contributed by atoms with Crippen LogP contribution in [-0.4, -0.2) is 34.8 Å². The number of carbonyl (C=O) groups is 1. The van der Waals surface area contributed by atoms with Gasteiger partial charge in [-0.25, -0.2) is 0 Å². The van der Waals surface area contributed by atoms with Gasteiger partial charge in [0.1, 0.15) is 0 Å². The third-order valence-corrected chi connectivity index (χ3v) is 4.71. The predicted molar refractivity (Wildman–Crippen MR) is 85.8 cm³/mol. The Bertz CT molecular complexity index is 533. The van der Waals surface area contributed by atoms with Crippen molar-refractivity contribution in [3.63, 3.8) is 0 Å². The van der Waals surface area contributed by atoms with Crippen LogP contribution in [0, 0.1) is 9.49 Å². The van der Waals surface area contributed by atoms with Gasteiger partial charge in [0, 0.05) is 33.5 Å². The van der Waals surface area contributed by atoms with E-state index in [1.807, 2.05) is 30.0 Å². The van der Waals surface area contributed by atoms with Gasteiger partial charge in [0.05, 0.1) is 11.3 Å². The molecule has 1 unspecified atom stereocenters. The second-order valence-corrected chi connectivity index (χ2v) is 6.70. The Morgan fingerprint density at radius 3 is 2.95 bits per heavy atom. The van der Waals surface area contributed by atoms with Gasteiger partial charge >= 0.3 is 0 Å². The summed E-state index contributed by atoms with van der Waals surface area (Å²) >= 11 is 5.57. The molecule has 0 saturated carbocycles. The number of carbonyl (C=O) groups excluding carboxylic acids is 1. The average Bonchev–Trinajstić information content (AvgIpc) is 2.40. The molecule has 19 heavy (non-hydrogen) atoms. The van der Waals surface area contributed by atoms with Gasteiger partial charge in [-0.2, -0.15) is 0 Å². The Kier molecular flexibility index (Phi) is 4.83. The van der Waals surface area contributed by atoms with Crippen LogP contribution in [0.15, 0.2) is 27.8 Å². The summed E-state index contributed by atoms with van der Waals surface area (Å²) in [6.07, 6.45) is 0.633. The first-order chi connectivity index (χ1) is 9.02. The molecule has 1 aromatic carbocycles. The molecule has 2 rings (SSSR count). The van der Waals surface area contributed by atoms with Crippen molar-refractivity contribution in [1.82, 2.24) is 4.90 Å². The lowest BCUT2D eigenvalue weighted by Gasteiger charge is -2.31. The summed E-state index contributed by atoms with van der Waals surface area (Å²) < 4.78 is 1.85. The molecule has 1 fully saturated rings. The van der Waals surface area contributed by atoms with Crippen LogP contribution >= 0.6 is 38.5 Å². The summed E-state index contributed by atoms with van der Waals surface area (Å²) in [5, 5.41) is 12.2. The van der Waals surface area contributed by atoms with Gasteiger partial charge in [-0.05, 0) is 40.8 Å². The maximum absolute atomic E-state index is 12.5. The van der Waals surface area contributed by atoms with Gasteiger partial charge < -0.3 is 10.1 Å². The van der Waals surface area contributed by atoms with Gasteiger partial charge in [0.25, 0.3) is 5.91 Å².